The summed E-state index contributed by atoms with van der Waals surface area (Å²) in [6.07, 6.45) is 2.65. The van der Waals surface area contributed by atoms with E-state index in [4.69, 9.17) is 5.73 Å². The first-order valence-electron chi connectivity index (χ1n) is 5.44. The minimum Gasteiger partial charge on any atom is -0.329 e. The van der Waals surface area contributed by atoms with Crippen molar-refractivity contribution in [3.8, 4) is 0 Å². The van der Waals surface area contributed by atoms with Crippen molar-refractivity contribution in [1.29, 1.82) is 0 Å². The summed E-state index contributed by atoms with van der Waals surface area (Å²) in [6.45, 7) is 11.1. The van der Waals surface area contributed by atoms with Gasteiger partial charge >= 0.3 is 0 Å². The molecule has 78 valence electrons. The van der Waals surface area contributed by atoms with Gasteiger partial charge in [-0.2, -0.15) is 0 Å². The maximum Gasteiger partial charge on any atom is 0.0278 e. The highest BCUT2D eigenvalue weighted by atomic mass is 15.2. The minimum atomic E-state index is 0.180. The second-order valence-electron chi connectivity index (χ2n) is 5.19. The molecule has 0 spiro atoms. The summed E-state index contributed by atoms with van der Waals surface area (Å²) < 4.78 is 0. The molecular weight excluding hydrogens is 160 g/mol. The van der Waals surface area contributed by atoms with Crippen molar-refractivity contribution in [2.45, 2.75) is 52.1 Å². The van der Waals surface area contributed by atoms with Crippen molar-refractivity contribution >= 4 is 0 Å². The lowest BCUT2D eigenvalue weighted by atomic mass is 9.88. The van der Waals surface area contributed by atoms with Gasteiger partial charge in [-0.25, -0.2) is 0 Å². The molecule has 2 atom stereocenters. The van der Waals surface area contributed by atoms with Gasteiger partial charge in [-0.1, -0.05) is 6.92 Å². The molecule has 1 aliphatic rings. The van der Waals surface area contributed by atoms with Crippen molar-refractivity contribution in [2.75, 3.05) is 13.1 Å². The topological polar surface area (TPSA) is 29.3 Å². The van der Waals surface area contributed by atoms with E-state index in [0.717, 1.165) is 12.5 Å². The summed E-state index contributed by atoms with van der Waals surface area (Å²) in [7, 11) is 0. The van der Waals surface area contributed by atoms with Crippen LogP contribution in [-0.2, 0) is 0 Å². The van der Waals surface area contributed by atoms with Crippen LogP contribution in [0.25, 0.3) is 0 Å². The second-order valence-corrected chi connectivity index (χ2v) is 5.19. The number of likely N-dealkylation sites (tertiary alicyclic amines) is 1. The highest BCUT2D eigenvalue weighted by Gasteiger charge is 2.32. The first-order valence-corrected chi connectivity index (χ1v) is 5.44. The molecule has 0 aromatic heterocycles. The Bertz CT molecular complexity index is 165. The van der Waals surface area contributed by atoms with E-state index < -0.39 is 0 Å². The van der Waals surface area contributed by atoms with Gasteiger partial charge in [-0.05, 0) is 46.1 Å². The van der Waals surface area contributed by atoms with Gasteiger partial charge in [0, 0.05) is 18.1 Å². The second kappa shape index (κ2) is 3.97. The SMILES string of the molecule is CC1CCN(C(C)(C)CN)C(C)C1. The maximum atomic E-state index is 5.79. The smallest absolute Gasteiger partial charge is 0.0278 e. The Kier molecular flexibility index (Phi) is 3.36. The molecule has 0 aromatic rings. The summed E-state index contributed by atoms with van der Waals surface area (Å²) in [4.78, 5) is 2.56. The maximum absolute atomic E-state index is 5.79. The Morgan fingerprint density at radius 2 is 2.00 bits per heavy atom. The van der Waals surface area contributed by atoms with E-state index >= 15 is 0 Å². The number of hydrogen-bond acceptors (Lipinski definition) is 2. The first kappa shape index (κ1) is 11.0. The Balaban J connectivity index is 2.60. The van der Waals surface area contributed by atoms with Crippen molar-refractivity contribution in [3.05, 3.63) is 0 Å². The standard InChI is InChI=1S/C11H24N2/c1-9-5-6-13(10(2)7-9)11(3,4)8-12/h9-10H,5-8,12H2,1-4H3. The molecule has 0 bridgehead atoms. The van der Waals surface area contributed by atoms with Gasteiger partial charge in [0.25, 0.3) is 0 Å². The molecule has 1 saturated heterocycles. The summed E-state index contributed by atoms with van der Waals surface area (Å²) in [5.41, 5.74) is 5.97. The normalized spacial score (nSPS) is 32.1. The first-order chi connectivity index (χ1) is 5.97. The molecule has 0 amide bonds. The van der Waals surface area contributed by atoms with Gasteiger partial charge in [0.15, 0.2) is 0 Å². The lowest BCUT2D eigenvalue weighted by Crippen LogP contribution is -2.55. The minimum absolute atomic E-state index is 0.180. The molecule has 0 aliphatic carbocycles. The lowest BCUT2D eigenvalue weighted by molar-refractivity contribution is 0.0367. The van der Waals surface area contributed by atoms with E-state index in [1.54, 1.807) is 0 Å². The van der Waals surface area contributed by atoms with Crippen LogP contribution in [0.4, 0.5) is 0 Å². The van der Waals surface area contributed by atoms with Crippen LogP contribution in [0.15, 0.2) is 0 Å². The third-order valence-electron chi connectivity index (χ3n) is 3.42. The van der Waals surface area contributed by atoms with Crippen LogP contribution in [0.1, 0.15) is 40.5 Å². The molecule has 13 heavy (non-hydrogen) atoms. The Hall–Kier alpha value is -0.0800. The average molecular weight is 184 g/mol. The molecule has 0 saturated carbocycles. The molecule has 2 heteroatoms. The Morgan fingerprint density at radius 1 is 1.38 bits per heavy atom. The predicted molar refractivity (Wildman–Crippen MR) is 57.7 cm³/mol. The predicted octanol–water partition coefficient (Wildman–Crippen LogP) is 1.84. The van der Waals surface area contributed by atoms with E-state index in [-0.39, 0.29) is 5.54 Å². The molecule has 1 fully saturated rings. The molecular formula is C11H24N2. The number of nitrogens with two attached hydrogens (primary N) is 1. The fourth-order valence-electron chi connectivity index (χ4n) is 2.42. The van der Waals surface area contributed by atoms with E-state index in [1.807, 2.05) is 0 Å². The number of nitrogens with zero attached hydrogens (tertiary/aromatic N) is 1. The largest absolute Gasteiger partial charge is 0.329 e. The summed E-state index contributed by atoms with van der Waals surface area (Å²) in [6, 6.07) is 0.697. The zero-order chi connectivity index (χ0) is 10.1. The molecule has 1 aliphatic heterocycles. The molecule has 2 nitrogen and oxygen atoms in total. The molecule has 0 aromatic carbocycles. The van der Waals surface area contributed by atoms with Crippen molar-refractivity contribution in [1.82, 2.24) is 4.90 Å². The van der Waals surface area contributed by atoms with Crippen molar-refractivity contribution < 1.29 is 0 Å². The van der Waals surface area contributed by atoms with Gasteiger partial charge in [-0.3, -0.25) is 4.90 Å². The zero-order valence-corrected chi connectivity index (χ0v) is 9.51. The number of piperidine rings is 1. The highest BCUT2D eigenvalue weighted by Crippen LogP contribution is 2.27. The molecule has 0 radical (unpaired) electrons. The van der Waals surface area contributed by atoms with Crippen LogP contribution >= 0.6 is 0 Å². The monoisotopic (exact) mass is 184 g/mol. The molecule has 2 unspecified atom stereocenters. The van der Waals surface area contributed by atoms with Gasteiger partial charge < -0.3 is 5.73 Å². The third kappa shape index (κ3) is 2.44. The van der Waals surface area contributed by atoms with Gasteiger partial charge in [0.05, 0.1) is 0 Å². The van der Waals surface area contributed by atoms with Crippen LogP contribution < -0.4 is 5.73 Å². The van der Waals surface area contributed by atoms with Gasteiger partial charge in [-0.15, -0.1) is 0 Å². The molecule has 1 rings (SSSR count). The van der Waals surface area contributed by atoms with Crippen molar-refractivity contribution in [2.24, 2.45) is 11.7 Å². The Morgan fingerprint density at radius 3 is 2.46 bits per heavy atom. The quantitative estimate of drug-likeness (QED) is 0.709. The molecule has 2 N–H and O–H groups in total. The van der Waals surface area contributed by atoms with E-state index in [2.05, 4.69) is 32.6 Å². The van der Waals surface area contributed by atoms with Gasteiger partial charge in [0.1, 0.15) is 0 Å². The molecule has 1 heterocycles. The van der Waals surface area contributed by atoms with E-state index in [9.17, 15) is 0 Å². The number of hydrogen-bond donors (Lipinski definition) is 1. The van der Waals surface area contributed by atoms with Crippen LogP contribution in [0, 0.1) is 5.92 Å². The third-order valence-corrected chi connectivity index (χ3v) is 3.42. The fourth-order valence-corrected chi connectivity index (χ4v) is 2.42. The van der Waals surface area contributed by atoms with E-state index in [0.29, 0.717) is 6.04 Å². The Labute approximate surface area is 82.5 Å². The lowest BCUT2D eigenvalue weighted by Gasteiger charge is -2.46. The van der Waals surface area contributed by atoms with Crippen LogP contribution in [0.5, 0.6) is 0 Å². The summed E-state index contributed by atoms with van der Waals surface area (Å²) in [5, 5.41) is 0. The fraction of sp³-hybridized carbons (Fsp3) is 1.00. The summed E-state index contributed by atoms with van der Waals surface area (Å²) >= 11 is 0. The average Bonchev–Trinajstić information content (AvgIpc) is 2.03. The summed E-state index contributed by atoms with van der Waals surface area (Å²) in [5.74, 6) is 0.889. The highest BCUT2D eigenvalue weighted by molar-refractivity contribution is 4.89. The van der Waals surface area contributed by atoms with Crippen LogP contribution in [0.3, 0.4) is 0 Å². The zero-order valence-electron chi connectivity index (χ0n) is 9.51. The number of rotatable bonds is 2. The van der Waals surface area contributed by atoms with Crippen LogP contribution in [0.2, 0.25) is 0 Å². The van der Waals surface area contributed by atoms with E-state index in [1.165, 1.54) is 19.4 Å². The van der Waals surface area contributed by atoms with Crippen LogP contribution in [-0.4, -0.2) is 29.6 Å². The van der Waals surface area contributed by atoms with Gasteiger partial charge in [0.2, 0.25) is 0 Å². The van der Waals surface area contributed by atoms with Crippen molar-refractivity contribution in [3.63, 3.8) is 0 Å².